The minimum Gasteiger partial charge on any atom is -0.357 e. The maximum absolute atomic E-state index is 12.5. The van der Waals surface area contributed by atoms with E-state index >= 15 is 0 Å². The van der Waals surface area contributed by atoms with Gasteiger partial charge in [0.1, 0.15) is 0 Å². The van der Waals surface area contributed by atoms with Gasteiger partial charge in [-0.3, -0.25) is 14.6 Å². The summed E-state index contributed by atoms with van der Waals surface area (Å²) in [5, 5.41) is 6.55. The number of carbonyl (C=O) groups is 2. The highest BCUT2D eigenvalue weighted by atomic mass is 16.2. The molecule has 1 aromatic rings. The van der Waals surface area contributed by atoms with Crippen LogP contribution in [0.5, 0.6) is 0 Å². The molecule has 0 atom stereocenters. The molecule has 7 nitrogen and oxygen atoms in total. The monoisotopic (exact) mass is 399 g/mol. The van der Waals surface area contributed by atoms with Crippen molar-refractivity contribution in [3.05, 3.63) is 35.4 Å². The second-order valence-corrected chi connectivity index (χ2v) is 7.65. The van der Waals surface area contributed by atoms with Gasteiger partial charge in [0.15, 0.2) is 5.96 Å². The fraction of sp³-hybridized carbons (Fsp3) is 0.591. The third-order valence-electron chi connectivity index (χ3n) is 5.43. The zero-order chi connectivity index (χ0) is 20.5. The van der Waals surface area contributed by atoms with E-state index in [1.54, 1.807) is 0 Å². The Kier molecular flexibility index (Phi) is 7.90. The molecule has 7 heteroatoms. The summed E-state index contributed by atoms with van der Waals surface area (Å²) >= 11 is 0. The standard InChI is InChI=1S/C22H33N5O2/c1-2-23-22(25-13-7-15-26-14-6-11-20(26)28)24-12-5-10-21(29)27-16-18-8-3-4-9-19(18)17-27/h3-4,8-9H,2,5-7,10-17H2,1H3,(H2,23,24,25). The minimum absolute atomic E-state index is 0.209. The van der Waals surface area contributed by atoms with Crippen molar-refractivity contribution in [3.63, 3.8) is 0 Å². The second-order valence-electron chi connectivity index (χ2n) is 7.65. The molecule has 158 valence electrons. The Hall–Kier alpha value is -2.57. The average molecular weight is 400 g/mol. The second kappa shape index (κ2) is 10.8. The molecular weight excluding hydrogens is 366 g/mol. The van der Waals surface area contributed by atoms with Crippen LogP contribution in [0.2, 0.25) is 0 Å². The van der Waals surface area contributed by atoms with Crippen LogP contribution in [0, 0.1) is 0 Å². The Morgan fingerprint density at radius 1 is 1.14 bits per heavy atom. The van der Waals surface area contributed by atoms with E-state index in [-0.39, 0.29) is 11.8 Å². The van der Waals surface area contributed by atoms with Gasteiger partial charge < -0.3 is 20.4 Å². The van der Waals surface area contributed by atoms with E-state index < -0.39 is 0 Å². The number of nitrogens with one attached hydrogen (secondary N) is 2. The molecule has 2 aliphatic heterocycles. The molecule has 0 aromatic heterocycles. The first-order valence-corrected chi connectivity index (χ1v) is 10.8. The summed E-state index contributed by atoms with van der Waals surface area (Å²) in [5.74, 6) is 1.26. The van der Waals surface area contributed by atoms with Gasteiger partial charge in [-0.2, -0.15) is 0 Å². The van der Waals surface area contributed by atoms with E-state index in [0.29, 0.717) is 25.9 Å². The van der Waals surface area contributed by atoms with Crippen LogP contribution in [0.1, 0.15) is 50.2 Å². The first-order valence-electron chi connectivity index (χ1n) is 10.8. The average Bonchev–Trinajstić information content (AvgIpc) is 3.34. The minimum atomic E-state index is 0.209. The Labute approximate surface area is 173 Å². The maximum Gasteiger partial charge on any atom is 0.223 e. The summed E-state index contributed by atoms with van der Waals surface area (Å²) in [6.07, 6.45) is 3.86. The van der Waals surface area contributed by atoms with Crippen molar-refractivity contribution in [1.29, 1.82) is 0 Å². The Bertz CT molecular complexity index is 709. The van der Waals surface area contributed by atoms with Gasteiger partial charge in [-0.1, -0.05) is 24.3 Å². The van der Waals surface area contributed by atoms with Crippen LogP contribution >= 0.6 is 0 Å². The molecule has 0 bridgehead atoms. The normalized spacial score (nSPS) is 16.3. The first kappa shape index (κ1) is 21.1. The number of guanidine groups is 1. The lowest BCUT2D eigenvalue weighted by Gasteiger charge is -2.16. The fourth-order valence-corrected chi connectivity index (χ4v) is 3.85. The van der Waals surface area contributed by atoms with E-state index in [9.17, 15) is 9.59 Å². The fourth-order valence-electron chi connectivity index (χ4n) is 3.85. The summed E-state index contributed by atoms with van der Waals surface area (Å²) in [7, 11) is 0. The number of likely N-dealkylation sites (tertiary alicyclic amines) is 1. The van der Waals surface area contributed by atoms with Gasteiger partial charge in [0, 0.05) is 58.7 Å². The molecule has 0 unspecified atom stereocenters. The van der Waals surface area contributed by atoms with Gasteiger partial charge in [0.2, 0.25) is 11.8 Å². The van der Waals surface area contributed by atoms with E-state index in [1.807, 2.05) is 28.9 Å². The van der Waals surface area contributed by atoms with Crippen LogP contribution in [0.25, 0.3) is 0 Å². The molecular formula is C22H33N5O2. The molecule has 2 heterocycles. The van der Waals surface area contributed by atoms with Crippen LogP contribution < -0.4 is 10.6 Å². The van der Waals surface area contributed by atoms with Crippen molar-refractivity contribution in [2.75, 3.05) is 32.7 Å². The lowest BCUT2D eigenvalue weighted by Crippen LogP contribution is -2.38. The molecule has 0 saturated carbocycles. The molecule has 3 rings (SSSR count). The largest absolute Gasteiger partial charge is 0.357 e. The number of nitrogens with zero attached hydrogens (tertiary/aromatic N) is 3. The summed E-state index contributed by atoms with van der Waals surface area (Å²) in [6, 6.07) is 8.26. The van der Waals surface area contributed by atoms with Gasteiger partial charge >= 0.3 is 0 Å². The van der Waals surface area contributed by atoms with Crippen molar-refractivity contribution in [3.8, 4) is 0 Å². The van der Waals surface area contributed by atoms with E-state index in [2.05, 4.69) is 27.8 Å². The molecule has 2 aliphatic rings. The van der Waals surface area contributed by atoms with Crippen molar-refractivity contribution in [2.24, 2.45) is 4.99 Å². The maximum atomic E-state index is 12.5. The molecule has 0 spiro atoms. The van der Waals surface area contributed by atoms with Crippen molar-refractivity contribution < 1.29 is 9.59 Å². The smallest absolute Gasteiger partial charge is 0.223 e. The quantitative estimate of drug-likeness (QED) is 0.378. The molecule has 0 aliphatic carbocycles. The van der Waals surface area contributed by atoms with Crippen molar-refractivity contribution >= 4 is 17.8 Å². The summed E-state index contributed by atoms with van der Waals surface area (Å²) in [4.78, 5) is 32.5. The van der Waals surface area contributed by atoms with Gasteiger partial charge in [-0.25, -0.2) is 0 Å². The zero-order valence-corrected chi connectivity index (χ0v) is 17.5. The zero-order valence-electron chi connectivity index (χ0n) is 17.5. The van der Waals surface area contributed by atoms with E-state index in [1.165, 1.54) is 11.1 Å². The van der Waals surface area contributed by atoms with Crippen molar-refractivity contribution in [1.82, 2.24) is 20.4 Å². The molecule has 29 heavy (non-hydrogen) atoms. The molecule has 2 amide bonds. The lowest BCUT2D eigenvalue weighted by molar-refractivity contribution is -0.132. The lowest BCUT2D eigenvalue weighted by atomic mass is 10.1. The molecule has 1 aromatic carbocycles. The number of benzene rings is 1. The summed E-state index contributed by atoms with van der Waals surface area (Å²) in [6.45, 7) is 7.35. The number of carbonyl (C=O) groups excluding carboxylic acids is 2. The number of amides is 2. The van der Waals surface area contributed by atoms with Gasteiger partial charge in [0.25, 0.3) is 0 Å². The van der Waals surface area contributed by atoms with Crippen LogP contribution in [0.3, 0.4) is 0 Å². The summed E-state index contributed by atoms with van der Waals surface area (Å²) < 4.78 is 0. The van der Waals surface area contributed by atoms with E-state index in [4.69, 9.17) is 0 Å². The number of fused-ring (bicyclic) bond motifs is 1. The molecule has 2 N–H and O–H groups in total. The SMILES string of the molecule is CCNC(=NCCCN1CCCC1=O)NCCCC(=O)N1Cc2ccccc2C1. The van der Waals surface area contributed by atoms with Crippen LogP contribution in [-0.2, 0) is 22.7 Å². The summed E-state index contributed by atoms with van der Waals surface area (Å²) in [5.41, 5.74) is 2.52. The Morgan fingerprint density at radius 2 is 1.90 bits per heavy atom. The predicted molar refractivity (Wildman–Crippen MR) is 114 cm³/mol. The number of aliphatic imine (C=N–C) groups is 1. The van der Waals surface area contributed by atoms with Crippen LogP contribution in [0.4, 0.5) is 0 Å². The number of hydrogen-bond acceptors (Lipinski definition) is 3. The van der Waals surface area contributed by atoms with Gasteiger partial charge in [-0.15, -0.1) is 0 Å². The third-order valence-corrected chi connectivity index (χ3v) is 5.43. The predicted octanol–water partition coefficient (Wildman–Crippen LogP) is 1.88. The van der Waals surface area contributed by atoms with Crippen LogP contribution in [0.15, 0.2) is 29.3 Å². The Balaban J connectivity index is 1.32. The number of rotatable bonds is 9. The number of hydrogen-bond donors (Lipinski definition) is 2. The highest BCUT2D eigenvalue weighted by molar-refractivity contribution is 5.80. The van der Waals surface area contributed by atoms with Crippen LogP contribution in [-0.4, -0.2) is 60.3 Å². The molecule has 1 fully saturated rings. The topological polar surface area (TPSA) is 77.0 Å². The van der Waals surface area contributed by atoms with Gasteiger partial charge in [-0.05, 0) is 37.3 Å². The highest BCUT2D eigenvalue weighted by Gasteiger charge is 2.22. The molecule has 0 radical (unpaired) electrons. The molecule has 1 saturated heterocycles. The third kappa shape index (κ3) is 6.21. The van der Waals surface area contributed by atoms with Crippen molar-refractivity contribution in [2.45, 2.75) is 52.1 Å². The highest BCUT2D eigenvalue weighted by Crippen LogP contribution is 2.22. The Morgan fingerprint density at radius 3 is 2.55 bits per heavy atom. The first-order chi connectivity index (χ1) is 14.2. The van der Waals surface area contributed by atoms with Gasteiger partial charge in [0.05, 0.1) is 0 Å². The van der Waals surface area contributed by atoms with E-state index in [0.717, 1.165) is 57.9 Å².